The highest BCUT2D eigenvalue weighted by molar-refractivity contribution is 7.86. The molecule has 0 aliphatic heterocycles. The number of hydrogen-bond acceptors (Lipinski definition) is 5. The lowest BCUT2D eigenvalue weighted by Crippen LogP contribution is -2.07. The van der Waals surface area contributed by atoms with E-state index >= 15 is 0 Å². The first-order valence-corrected chi connectivity index (χ1v) is 4.64. The third-order valence-electron chi connectivity index (χ3n) is 1.04. The number of aromatic nitrogens is 2. The SMILES string of the molecule is COS(=O)(=O)c1nccc(Cl)n1. The van der Waals surface area contributed by atoms with Gasteiger partial charge in [0.25, 0.3) is 5.16 Å². The van der Waals surface area contributed by atoms with Crippen LogP contribution in [0, 0.1) is 0 Å². The Kier molecular flexibility index (Phi) is 2.61. The van der Waals surface area contributed by atoms with Gasteiger partial charge in [0.05, 0.1) is 7.11 Å². The van der Waals surface area contributed by atoms with Gasteiger partial charge < -0.3 is 0 Å². The standard InChI is InChI=1S/C5H5ClN2O3S/c1-11-12(9,10)5-7-3-2-4(6)8-5/h2-3H,1H3. The van der Waals surface area contributed by atoms with Crippen molar-refractivity contribution in [3.63, 3.8) is 0 Å². The van der Waals surface area contributed by atoms with E-state index in [0.717, 1.165) is 7.11 Å². The van der Waals surface area contributed by atoms with E-state index in [1.165, 1.54) is 12.3 Å². The second kappa shape index (κ2) is 3.34. The smallest absolute Gasteiger partial charge is 0.267 e. The monoisotopic (exact) mass is 208 g/mol. The molecule has 0 fully saturated rings. The highest BCUT2D eigenvalue weighted by Crippen LogP contribution is 2.08. The summed E-state index contributed by atoms with van der Waals surface area (Å²) in [6, 6.07) is 1.37. The summed E-state index contributed by atoms with van der Waals surface area (Å²) in [6.07, 6.45) is 1.24. The fourth-order valence-electron chi connectivity index (χ4n) is 0.515. The highest BCUT2D eigenvalue weighted by Gasteiger charge is 2.16. The predicted octanol–water partition coefficient (Wildman–Crippen LogP) is 0.465. The maximum Gasteiger partial charge on any atom is 0.332 e. The molecule has 0 unspecified atom stereocenters. The van der Waals surface area contributed by atoms with Crippen molar-refractivity contribution < 1.29 is 12.6 Å². The van der Waals surface area contributed by atoms with Crippen molar-refractivity contribution in [2.24, 2.45) is 0 Å². The Hall–Kier alpha value is -0.720. The largest absolute Gasteiger partial charge is 0.332 e. The fourth-order valence-corrected chi connectivity index (χ4v) is 1.25. The minimum absolute atomic E-state index is 0.0561. The Morgan fingerprint density at radius 1 is 1.58 bits per heavy atom. The van der Waals surface area contributed by atoms with E-state index in [-0.39, 0.29) is 5.15 Å². The van der Waals surface area contributed by atoms with Gasteiger partial charge in [0.15, 0.2) is 0 Å². The van der Waals surface area contributed by atoms with Crippen LogP contribution in [0.3, 0.4) is 0 Å². The van der Waals surface area contributed by atoms with Crippen molar-refractivity contribution in [2.45, 2.75) is 5.16 Å². The van der Waals surface area contributed by atoms with E-state index < -0.39 is 15.3 Å². The van der Waals surface area contributed by atoms with Gasteiger partial charge >= 0.3 is 10.1 Å². The lowest BCUT2D eigenvalue weighted by Gasteiger charge is -1.97. The van der Waals surface area contributed by atoms with Crippen molar-refractivity contribution >= 4 is 21.7 Å². The van der Waals surface area contributed by atoms with Crippen LogP contribution in [0.4, 0.5) is 0 Å². The molecule has 0 aliphatic rings. The zero-order valence-electron chi connectivity index (χ0n) is 6.06. The summed E-state index contributed by atoms with van der Waals surface area (Å²) < 4.78 is 26.1. The Labute approximate surface area is 74.5 Å². The first kappa shape index (κ1) is 9.37. The minimum atomic E-state index is -3.83. The average Bonchev–Trinajstić information content (AvgIpc) is 2.05. The molecule has 66 valence electrons. The Morgan fingerprint density at radius 2 is 2.25 bits per heavy atom. The van der Waals surface area contributed by atoms with Gasteiger partial charge in [-0.2, -0.15) is 8.42 Å². The molecule has 0 amide bonds. The Balaban J connectivity index is 3.21. The lowest BCUT2D eigenvalue weighted by atomic mass is 10.7. The first-order valence-electron chi connectivity index (χ1n) is 2.85. The predicted molar refractivity (Wildman–Crippen MR) is 41.2 cm³/mol. The van der Waals surface area contributed by atoms with E-state index in [1.807, 2.05) is 0 Å². The second-order valence-corrected chi connectivity index (χ2v) is 3.78. The fraction of sp³-hybridized carbons (Fsp3) is 0.200. The zero-order chi connectivity index (χ0) is 9.19. The van der Waals surface area contributed by atoms with Crippen LogP contribution in [0.2, 0.25) is 5.15 Å². The summed E-state index contributed by atoms with van der Waals surface area (Å²) in [4.78, 5) is 6.93. The molecule has 0 aromatic carbocycles. The van der Waals surface area contributed by atoms with Crippen LogP contribution in [-0.4, -0.2) is 25.5 Å². The molecule has 0 saturated heterocycles. The molecule has 1 aromatic rings. The zero-order valence-corrected chi connectivity index (χ0v) is 7.63. The number of hydrogen-bond donors (Lipinski definition) is 0. The van der Waals surface area contributed by atoms with Gasteiger partial charge in [-0.05, 0) is 6.07 Å². The third-order valence-corrected chi connectivity index (χ3v) is 2.34. The van der Waals surface area contributed by atoms with Crippen LogP contribution in [0.15, 0.2) is 17.4 Å². The van der Waals surface area contributed by atoms with Crippen molar-refractivity contribution in [2.75, 3.05) is 7.11 Å². The topological polar surface area (TPSA) is 69.2 Å². The van der Waals surface area contributed by atoms with Crippen molar-refractivity contribution in [1.82, 2.24) is 9.97 Å². The van der Waals surface area contributed by atoms with E-state index in [2.05, 4.69) is 14.2 Å². The molecule has 0 atom stereocenters. The molecule has 0 N–H and O–H groups in total. The summed E-state index contributed by atoms with van der Waals surface area (Å²) in [6.45, 7) is 0. The number of rotatable bonds is 2. The Morgan fingerprint density at radius 3 is 2.75 bits per heavy atom. The maximum atomic E-state index is 10.9. The molecule has 0 bridgehead atoms. The maximum absolute atomic E-state index is 10.9. The van der Waals surface area contributed by atoms with Crippen molar-refractivity contribution in [3.8, 4) is 0 Å². The van der Waals surface area contributed by atoms with Crippen molar-refractivity contribution in [3.05, 3.63) is 17.4 Å². The molecule has 0 aliphatic carbocycles. The quantitative estimate of drug-likeness (QED) is 0.401. The first-order chi connectivity index (χ1) is 5.56. The molecule has 1 heterocycles. The van der Waals surface area contributed by atoms with Crippen LogP contribution in [0.5, 0.6) is 0 Å². The van der Waals surface area contributed by atoms with Crippen LogP contribution in [0.1, 0.15) is 0 Å². The van der Waals surface area contributed by atoms with E-state index in [9.17, 15) is 8.42 Å². The van der Waals surface area contributed by atoms with E-state index in [1.54, 1.807) is 0 Å². The number of nitrogens with zero attached hydrogens (tertiary/aromatic N) is 2. The van der Waals surface area contributed by atoms with Crippen LogP contribution in [0.25, 0.3) is 0 Å². The summed E-state index contributed by atoms with van der Waals surface area (Å²) in [7, 11) is -2.80. The Bertz CT molecular complexity index is 378. The molecule has 0 saturated carbocycles. The normalized spacial score (nSPS) is 11.5. The van der Waals surface area contributed by atoms with E-state index in [0.29, 0.717) is 0 Å². The van der Waals surface area contributed by atoms with Gasteiger partial charge in [0.1, 0.15) is 5.15 Å². The van der Waals surface area contributed by atoms with Crippen LogP contribution in [-0.2, 0) is 14.3 Å². The van der Waals surface area contributed by atoms with Gasteiger partial charge in [0.2, 0.25) is 0 Å². The van der Waals surface area contributed by atoms with Gasteiger partial charge in [-0.15, -0.1) is 0 Å². The summed E-state index contributed by atoms with van der Waals surface area (Å²) in [5, 5.41) is -0.377. The molecule has 0 spiro atoms. The van der Waals surface area contributed by atoms with Gasteiger partial charge in [-0.3, -0.25) is 4.18 Å². The molecular weight excluding hydrogens is 204 g/mol. The van der Waals surface area contributed by atoms with Gasteiger partial charge in [-0.25, -0.2) is 9.97 Å². The number of halogens is 1. The highest BCUT2D eigenvalue weighted by atomic mass is 35.5. The summed E-state index contributed by atoms with van der Waals surface area (Å²) in [5.74, 6) is 0. The summed E-state index contributed by atoms with van der Waals surface area (Å²) in [5.41, 5.74) is 0. The van der Waals surface area contributed by atoms with E-state index in [4.69, 9.17) is 11.6 Å². The molecule has 12 heavy (non-hydrogen) atoms. The van der Waals surface area contributed by atoms with Crippen LogP contribution >= 0.6 is 11.6 Å². The summed E-state index contributed by atoms with van der Waals surface area (Å²) >= 11 is 5.44. The van der Waals surface area contributed by atoms with Crippen LogP contribution < -0.4 is 0 Å². The third kappa shape index (κ3) is 1.90. The molecule has 1 rings (SSSR count). The molecular formula is C5H5ClN2O3S. The van der Waals surface area contributed by atoms with Gasteiger partial charge in [-0.1, -0.05) is 11.6 Å². The van der Waals surface area contributed by atoms with Crippen molar-refractivity contribution in [1.29, 1.82) is 0 Å². The molecule has 1 aromatic heterocycles. The minimum Gasteiger partial charge on any atom is -0.267 e. The average molecular weight is 209 g/mol. The second-order valence-electron chi connectivity index (χ2n) is 1.78. The molecule has 7 heteroatoms. The lowest BCUT2D eigenvalue weighted by molar-refractivity contribution is 0.392. The molecule has 5 nitrogen and oxygen atoms in total. The molecule has 0 radical (unpaired) electrons. The van der Waals surface area contributed by atoms with Gasteiger partial charge in [0, 0.05) is 6.20 Å².